The lowest BCUT2D eigenvalue weighted by molar-refractivity contribution is -0.111. The first-order valence-corrected chi connectivity index (χ1v) is 5.84. The lowest BCUT2D eigenvalue weighted by Gasteiger charge is -2.20. The normalized spacial score (nSPS) is 16.9. The lowest BCUT2D eigenvalue weighted by Crippen LogP contribution is -2.16. The Hall–Kier alpha value is -2.20. The lowest BCUT2D eigenvalue weighted by atomic mass is 10.0. The number of nitrogens with one attached hydrogen (secondary N) is 1. The molecule has 2 aliphatic rings. The standard InChI is InChI=1S/C14H15N3O/c1-16(2)12-7-5-11(6-8-12)13-4-3-9-17-14(13)10-15-18-17/h3-10,15H,1-2H3. The van der Waals surface area contributed by atoms with E-state index in [0.717, 1.165) is 11.3 Å². The number of nitrogens with zero attached hydrogens (tertiary/aromatic N) is 2. The van der Waals surface area contributed by atoms with E-state index in [9.17, 15) is 0 Å². The molecule has 18 heavy (non-hydrogen) atoms. The van der Waals surface area contributed by atoms with E-state index < -0.39 is 0 Å². The largest absolute Gasteiger partial charge is 0.378 e. The molecule has 0 bridgehead atoms. The van der Waals surface area contributed by atoms with Crippen molar-refractivity contribution in [1.29, 1.82) is 0 Å². The van der Waals surface area contributed by atoms with Gasteiger partial charge in [-0.2, -0.15) is 4.94 Å². The Morgan fingerprint density at radius 1 is 1.17 bits per heavy atom. The number of allylic oxidation sites excluding steroid dienone is 3. The van der Waals surface area contributed by atoms with E-state index in [2.05, 4.69) is 40.7 Å². The number of rotatable bonds is 2. The number of benzene rings is 1. The molecular weight excluding hydrogens is 226 g/mol. The Balaban J connectivity index is 1.95. The van der Waals surface area contributed by atoms with Crippen LogP contribution in [0, 0.1) is 0 Å². The van der Waals surface area contributed by atoms with Crippen LogP contribution in [0.1, 0.15) is 5.56 Å². The molecule has 0 unspecified atom stereocenters. The molecule has 1 aromatic carbocycles. The minimum Gasteiger partial charge on any atom is -0.378 e. The zero-order chi connectivity index (χ0) is 12.5. The predicted molar refractivity (Wildman–Crippen MR) is 72.0 cm³/mol. The fourth-order valence-electron chi connectivity index (χ4n) is 2.04. The second-order valence-corrected chi connectivity index (χ2v) is 4.43. The van der Waals surface area contributed by atoms with Crippen LogP contribution in [0.3, 0.4) is 0 Å². The van der Waals surface area contributed by atoms with Gasteiger partial charge in [0.25, 0.3) is 0 Å². The predicted octanol–water partition coefficient (Wildman–Crippen LogP) is 2.26. The molecule has 3 rings (SSSR count). The van der Waals surface area contributed by atoms with Crippen LogP contribution < -0.4 is 10.4 Å². The van der Waals surface area contributed by atoms with Gasteiger partial charge in [0, 0.05) is 31.6 Å². The van der Waals surface area contributed by atoms with Crippen molar-refractivity contribution in [2.45, 2.75) is 0 Å². The first-order valence-electron chi connectivity index (χ1n) is 5.84. The van der Waals surface area contributed by atoms with Crippen molar-refractivity contribution in [3.05, 3.63) is 60.1 Å². The number of anilines is 1. The Bertz CT molecular complexity index is 541. The number of hydroxylamine groups is 3. The maximum Gasteiger partial charge on any atom is 0.0972 e. The summed E-state index contributed by atoms with van der Waals surface area (Å²) in [6.07, 6.45) is 7.79. The third-order valence-corrected chi connectivity index (χ3v) is 3.04. The first kappa shape index (κ1) is 10.9. The van der Waals surface area contributed by atoms with Crippen molar-refractivity contribution in [1.82, 2.24) is 10.5 Å². The minimum absolute atomic E-state index is 1.02. The fraction of sp³-hybridized carbons (Fsp3) is 0.143. The highest BCUT2D eigenvalue weighted by atomic mass is 16.8. The van der Waals surface area contributed by atoms with Gasteiger partial charge < -0.3 is 4.90 Å². The molecule has 0 aromatic heterocycles. The molecule has 2 heterocycles. The number of hydrogen-bond donors (Lipinski definition) is 1. The summed E-state index contributed by atoms with van der Waals surface area (Å²) in [6.45, 7) is 0. The fourth-order valence-corrected chi connectivity index (χ4v) is 2.04. The number of hydrogen-bond acceptors (Lipinski definition) is 4. The molecular formula is C14H15N3O. The Kier molecular flexibility index (Phi) is 2.57. The monoisotopic (exact) mass is 241 g/mol. The van der Waals surface area contributed by atoms with E-state index in [1.165, 1.54) is 11.3 Å². The molecule has 0 atom stereocenters. The van der Waals surface area contributed by atoms with Crippen LogP contribution in [0.15, 0.2) is 54.5 Å². The quantitative estimate of drug-likeness (QED) is 0.859. The van der Waals surface area contributed by atoms with E-state index in [0.29, 0.717) is 0 Å². The highest BCUT2D eigenvalue weighted by Gasteiger charge is 2.21. The van der Waals surface area contributed by atoms with E-state index in [1.54, 1.807) is 5.06 Å². The van der Waals surface area contributed by atoms with Gasteiger partial charge in [-0.1, -0.05) is 18.2 Å². The summed E-state index contributed by atoms with van der Waals surface area (Å²) < 4.78 is 0. The van der Waals surface area contributed by atoms with Crippen LogP contribution in [0.4, 0.5) is 5.69 Å². The van der Waals surface area contributed by atoms with Gasteiger partial charge >= 0.3 is 0 Å². The van der Waals surface area contributed by atoms with E-state index in [1.807, 2.05) is 32.6 Å². The molecule has 0 spiro atoms. The molecule has 4 heteroatoms. The van der Waals surface area contributed by atoms with E-state index >= 15 is 0 Å². The van der Waals surface area contributed by atoms with Crippen molar-refractivity contribution in [3.63, 3.8) is 0 Å². The molecule has 1 N–H and O–H groups in total. The van der Waals surface area contributed by atoms with E-state index in [-0.39, 0.29) is 0 Å². The van der Waals surface area contributed by atoms with Crippen LogP contribution in [0.2, 0.25) is 0 Å². The van der Waals surface area contributed by atoms with Crippen molar-refractivity contribution >= 4 is 11.3 Å². The molecule has 0 amide bonds. The van der Waals surface area contributed by atoms with Crippen LogP contribution in [-0.4, -0.2) is 19.2 Å². The van der Waals surface area contributed by atoms with Crippen LogP contribution in [-0.2, 0) is 4.94 Å². The van der Waals surface area contributed by atoms with Gasteiger partial charge in [0.05, 0.1) is 11.9 Å². The van der Waals surface area contributed by atoms with Gasteiger partial charge in [-0.3, -0.25) is 0 Å². The molecule has 0 radical (unpaired) electrons. The maximum absolute atomic E-state index is 5.23. The second-order valence-electron chi connectivity index (χ2n) is 4.43. The summed E-state index contributed by atoms with van der Waals surface area (Å²) in [5.74, 6) is 0. The zero-order valence-corrected chi connectivity index (χ0v) is 10.4. The van der Waals surface area contributed by atoms with Gasteiger partial charge in [-0.05, 0) is 23.8 Å². The van der Waals surface area contributed by atoms with Crippen LogP contribution in [0.5, 0.6) is 0 Å². The molecule has 0 aliphatic carbocycles. The van der Waals surface area contributed by atoms with Gasteiger partial charge in [-0.15, -0.1) is 0 Å². The summed E-state index contributed by atoms with van der Waals surface area (Å²) in [7, 11) is 4.08. The third kappa shape index (κ3) is 1.76. The first-order chi connectivity index (χ1) is 8.75. The topological polar surface area (TPSA) is 27.7 Å². The SMILES string of the molecule is CN(C)c1ccc(C2=CC=CN3ONC=C23)cc1. The molecule has 0 saturated carbocycles. The average molecular weight is 241 g/mol. The van der Waals surface area contributed by atoms with E-state index in [4.69, 9.17) is 4.94 Å². The molecule has 4 nitrogen and oxygen atoms in total. The van der Waals surface area contributed by atoms with Gasteiger partial charge in [-0.25, -0.2) is 10.5 Å². The van der Waals surface area contributed by atoms with Gasteiger partial charge in [0.2, 0.25) is 0 Å². The summed E-state index contributed by atoms with van der Waals surface area (Å²) in [5, 5.41) is 1.72. The average Bonchev–Trinajstić information content (AvgIpc) is 2.87. The minimum atomic E-state index is 1.02. The Labute approximate surface area is 106 Å². The Morgan fingerprint density at radius 2 is 1.94 bits per heavy atom. The van der Waals surface area contributed by atoms with Crippen molar-refractivity contribution in [3.8, 4) is 0 Å². The highest BCUT2D eigenvalue weighted by molar-refractivity contribution is 5.81. The molecule has 2 aliphatic heterocycles. The molecule has 92 valence electrons. The molecule has 0 fully saturated rings. The van der Waals surface area contributed by atoms with Gasteiger partial charge in [0.15, 0.2) is 0 Å². The third-order valence-electron chi connectivity index (χ3n) is 3.04. The zero-order valence-electron chi connectivity index (χ0n) is 10.4. The second kappa shape index (κ2) is 4.23. The highest BCUT2D eigenvalue weighted by Crippen LogP contribution is 2.31. The summed E-state index contributed by atoms with van der Waals surface area (Å²) >= 11 is 0. The molecule has 0 saturated heterocycles. The van der Waals surface area contributed by atoms with Gasteiger partial charge in [0.1, 0.15) is 0 Å². The van der Waals surface area contributed by atoms with Crippen molar-refractivity contribution < 1.29 is 4.94 Å². The summed E-state index contributed by atoms with van der Waals surface area (Å²) in [6, 6.07) is 8.47. The summed E-state index contributed by atoms with van der Waals surface area (Å²) in [4.78, 5) is 7.31. The number of fused-ring (bicyclic) bond motifs is 1. The van der Waals surface area contributed by atoms with Crippen molar-refractivity contribution in [2.24, 2.45) is 0 Å². The van der Waals surface area contributed by atoms with Crippen molar-refractivity contribution in [2.75, 3.05) is 19.0 Å². The molecule has 1 aromatic rings. The maximum atomic E-state index is 5.23. The smallest absolute Gasteiger partial charge is 0.0972 e. The van der Waals surface area contributed by atoms with Crippen LogP contribution in [0.25, 0.3) is 5.57 Å². The van der Waals surface area contributed by atoms with Crippen LogP contribution >= 0.6 is 0 Å². The summed E-state index contributed by atoms with van der Waals surface area (Å²) in [5.41, 5.74) is 7.29. The Morgan fingerprint density at radius 3 is 2.67 bits per heavy atom.